The standard InChI is InChI=1S/C17H24N4O4S/c1-11(2)21(12(3)4)17(22)18-14-6-8-15(9-7-14)26(23,24)20-16-10-13(5)25-19-16/h6-12H,1-5H3,(H,18,22)(H,19,20). The molecule has 0 fully saturated rings. The first-order valence-corrected chi connectivity index (χ1v) is 9.74. The van der Waals surface area contributed by atoms with Gasteiger partial charge in [-0.05, 0) is 58.9 Å². The summed E-state index contributed by atoms with van der Waals surface area (Å²) < 4.78 is 31.9. The molecule has 0 aliphatic rings. The fourth-order valence-electron chi connectivity index (χ4n) is 2.58. The molecule has 1 aromatic carbocycles. The van der Waals surface area contributed by atoms with E-state index in [2.05, 4.69) is 15.2 Å². The number of hydrogen-bond acceptors (Lipinski definition) is 5. The summed E-state index contributed by atoms with van der Waals surface area (Å²) >= 11 is 0. The lowest BCUT2D eigenvalue weighted by Crippen LogP contribution is -2.44. The molecule has 2 aromatic rings. The number of amides is 2. The molecule has 0 bridgehead atoms. The lowest BCUT2D eigenvalue weighted by Gasteiger charge is -2.30. The average molecular weight is 380 g/mol. The van der Waals surface area contributed by atoms with Crippen molar-refractivity contribution in [1.82, 2.24) is 10.1 Å². The summed E-state index contributed by atoms with van der Waals surface area (Å²) in [6.45, 7) is 9.41. The molecule has 1 aromatic heterocycles. The number of hydrogen-bond donors (Lipinski definition) is 2. The number of carbonyl (C=O) groups excluding carboxylic acids is 1. The Balaban J connectivity index is 2.11. The minimum atomic E-state index is -3.78. The Morgan fingerprint density at radius 3 is 2.15 bits per heavy atom. The van der Waals surface area contributed by atoms with Crippen LogP contribution in [0.3, 0.4) is 0 Å². The van der Waals surface area contributed by atoms with Crippen molar-refractivity contribution in [2.75, 3.05) is 10.0 Å². The van der Waals surface area contributed by atoms with E-state index in [-0.39, 0.29) is 28.8 Å². The summed E-state index contributed by atoms with van der Waals surface area (Å²) in [6, 6.07) is 7.26. The Labute approximate surface area is 153 Å². The van der Waals surface area contributed by atoms with Crippen molar-refractivity contribution in [3.63, 3.8) is 0 Å². The summed E-state index contributed by atoms with van der Waals surface area (Å²) in [5.41, 5.74) is 0.512. The molecule has 0 aliphatic carbocycles. The largest absolute Gasteiger partial charge is 0.360 e. The lowest BCUT2D eigenvalue weighted by atomic mass is 10.2. The van der Waals surface area contributed by atoms with Crippen molar-refractivity contribution in [1.29, 1.82) is 0 Å². The first-order chi connectivity index (χ1) is 12.1. The van der Waals surface area contributed by atoms with Crippen molar-refractivity contribution in [2.24, 2.45) is 0 Å². The van der Waals surface area contributed by atoms with Crippen LogP contribution in [0.2, 0.25) is 0 Å². The van der Waals surface area contributed by atoms with E-state index in [1.807, 2.05) is 27.7 Å². The van der Waals surface area contributed by atoms with Crippen LogP contribution in [0.1, 0.15) is 33.5 Å². The smallest absolute Gasteiger partial charge is 0.322 e. The highest BCUT2D eigenvalue weighted by Gasteiger charge is 2.21. The molecule has 26 heavy (non-hydrogen) atoms. The number of sulfonamides is 1. The molecular formula is C17H24N4O4S. The number of aryl methyl sites for hydroxylation is 1. The van der Waals surface area contributed by atoms with Gasteiger partial charge < -0.3 is 14.7 Å². The molecule has 0 spiro atoms. The third-order valence-corrected chi connectivity index (χ3v) is 5.00. The third-order valence-electron chi connectivity index (χ3n) is 3.63. The topological polar surface area (TPSA) is 105 Å². The fraction of sp³-hybridized carbons (Fsp3) is 0.412. The van der Waals surface area contributed by atoms with Crippen molar-refractivity contribution < 1.29 is 17.7 Å². The van der Waals surface area contributed by atoms with Crippen molar-refractivity contribution in [2.45, 2.75) is 51.6 Å². The molecule has 8 nitrogen and oxygen atoms in total. The molecule has 0 unspecified atom stereocenters. The molecular weight excluding hydrogens is 356 g/mol. The predicted octanol–water partition coefficient (Wildman–Crippen LogP) is 3.43. The Kier molecular flexibility index (Phi) is 5.91. The van der Waals surface area contributed by atoms with Gasteiger partial charge in [0.05, 0.1) is 4.90 Å². The molecule has 2 N–H and O–H groups in total. The zero-order valence-corrected chi connectivity index (χ0v) is 16.3. The third kappa shape index (κ3) is 4.75. The van der Waals surface area contributed by atoms with Crippen molar-refractivity contribution in [3.05, 3.63) is 36.1 Å². The summed E-state index contributed by atoms with van der Waals surface area (Å²) in [5.74, 6) is 0.616. The maximum Gasteiger partial charge on any atom is 0.322 e. The lowest BCUT2D eigenvalue weighted by molar-refractivity contribution is 0.178. The van der Waals surface area contributed by atoms with Crippen LogP contribution >= 0.6 is 0 Å². The van der Waals surface area contributed by atoms with Crippen LogP contribution in [0.25, 0.3) is 0 Å². The van der Waals surface area contributed by atoms with E-state index in [0.29, 0.717) is 11.4 Å². The van der Waals surface area contributed by atoms with Crippen molar-refractivity contribution >= 4 is 27.6 Å². The van der Waals surface area contributed by atoms with Gasteiger partial charge in [0, 0.05) is 23.8 Å². The molecule has 0 radical (unpaired) electrons. The van der Waals surface area contributed by atoms with E-state index < -0.39 is 10.0 Å². The van der Waals surface area contributed by atoms with Crippen LogP contribution in [-0.2, 0) is 10.0 Å². The molecule has 2 amide bonds. The Bertz CT molecular complexity index is 849. The molecule has 0 aliphatic heterocycles. The van der Waals surface area contributed by atoms with E-state index in [0.717, 1.165) is 0 Å². The number of carbonyl (C=O) groups is 1. The van der Waals surface area contributed by atoms with E-state index in [1.54, 1.807) is 24.0 Å². The number of anilines is 2. The number of benzene rings is 1. The second-order valence-electron chi connectivity index (χ2n) is 6.48. The van der Waals surface area contributed by atoms with E-state index in [9.17, 15) is 13.2 Å². The second-order valence-corrected chi connectivity index (χ2v) is 8.16. The number of nitrogens with zero attached hydrogens (tertiary/aromatic N) is 2. The molecule has 1 heterocycles. The zero-order chi connectivity index (χ0) is 19.5. The van der Waals surface area contributed by atoms with E-state index in [4.69, 9.17) is 4.52 Å². The van der Waals surface area contributed by atoms with Gasteiger partial charge in [-0.25, -0.2) is 13.2 Å². The van der Waals surface area contributed by atoms with E-state index >= 15 is 0 Å². The van der Waals surface area contributed by atoms with Gasteiger partial charge in [-0.15, -0.1) is 0 Å². The van der Waals surface area contributed by atoms with Gasteiger partial charge in [-0.3, -0.25) is 4.72 Å². The molecule has 9 heteroatoms. The zero-order valence-electron chi connectivity index (χ0n) is 15.5. The van der Waals surface area contributed by atoms with Gasteiger partial charge in [-0.1, -0.05) is 5.16 Å². The van der Waals surface area contributed by atoms with Crippen molar-refractivity contribution in [3.8, 4) is 0 Å². The quantitative estimate of drug-likeness (QED) is 0.799. The average Bonchev–Trinajstić information content (AvgIpc) is 2.91. The van der Waals surface area contributed by atoms with Crippen LogP contribution in [0.15, 0.2) is 39.8 Å². The first-order valence-electron chi connectivity index (χ1n) is 8.25. The van der Waals surface area contributed by atoms with E-state index in [1.165, 1.54) is 18.2 Å². The van der Waals surface area contributed by atoms with Crippen LogP contribution in [0.4, 0.5) is 16.3 Å². The van der Waals surface area contributed by atoms with Gasteiger partial charge in [0.2, 0.25) is 0 Å². The fourth-order valence-corrected chi connectivity index (χ4v) is 3.57. The SMILES string of the molecule is Cc1cc(NS(=O)(=O)c2ccc(NC(=O)N(C(C)C)C(C)C)cc2)no1. The van der Waals surface area contributed by atoms with Crippen LogP contribution < -0.4 is 10.0 Å². The Morgan fingerprint density at radius 1 is 1.12 bits per heavy atom. The van der Waals surface area contributed by atoms with Gasteiger partial charge in [0.1, 0.15) is 5.76 Å². The highest BCUT2D eigenvalue weighted by Crippen LogP contribution is 2.19. The number of nitrogens with one attached hydrogen (secondary N) is 2. The summed E-state index contributed by atoms with van der Waals surface area (Å²) in [5, 5.41) is 6.39. The van der Waals surface area contributed by atoms with Gasteiger partial charge in [0.25, 0.3) is 10.0 Å². The van der Waals surface area contributed by atoms with Crippen LogP contribution in [-0.4, -0.2) is 36.6 Å². The minimum absolute atomic E-state index is 0.0461. The summed E-state index contributed by atoms with van der Waals surface area (Å²) in [7, 11) is -3.78. The minimum Gasteiger partial charge on any atom is -0.360 e. The highest BCUT2D eigenvalue weighted by atomic mass is 32.2. The Hall–Kier alpha value is -2.55. The maximum absolute atomic E-state index is 12.4. The number of aromatic nitrogens is 1. The molecule has 0 atom stereocenters. The van der Waals surface area contributed by atoms with Gasteiger partial charge in [-0.2, -0.15) is 0 Å². The molecule has 142 valence electrons. The molecule has 0 saturated carbocycles. The number of urea groups is 1. The van der Waals surface area contributed by atoms with Gasteiger partial charge >= 0.3 is 6.03 Å². The van der Waals surface area contributed by atoms with Crippen LogP contribution in [0, 0.1) is 6.92 Å². The summed E-state index contributed by atoms with van der Waals surface area (Å²) in [6.07, 6.45) is 0. The maximum atomic E-state index is 12.4. The second kappa shape index (κ2) is 7.77. The van der Waals surface area contributed by atoms with Gasteiger partial charge in [0.15, 0.2) is 5.82 Å². The van der Waals surface area contributed by atoms with Crippen LogP contribution in [0.5, 0.6) is 0 Å². The first kappa shape index (κ1) is 19.8. The normalized spacial score (nSPS) is 11.7. The predicted molar refractivity (Wildman–Crippen MR) is 99.6 cm³/mol. The summed E-state index contributed by atoms with van der Waals surface area (Å²) in [4.78, 5) is 14.2. The Morgan fingerprint density at radius 2 is 1.69 bits per heavy atom. The highest BCUT2D eigenvalue weighted by molar-refractivity contribution is 7.92. The molecule has 2 rings (SSSR count). The monoisotopic (exact) mass is 380 g/mol. The molecule has 0 saturated heterocycles. The number of rotatable bonds is 6.